The maximum atomic E-state index is 12.8. The summed E-state index contributed by atoms with van der Waals surface area (Å²) in [5, 5.41) is 18.3. The molecule has 10 heteroatoms. The Morgan fingerprint density at radius 3 is 2.69 bits per heavy atom. The Hall–Kier alpha value is -2.73. The van der Waals surface area contributed by atoms with E-state index in [0.717, 1.165) is 17.4 Å². The van der Waals surface area contributed by atoms with E-state index < -0.39 is 0 Å². The third kappa shape index (κ3) is 5.01. The van der Waals surface area contributed by atoms with Gasteiger partial charge in [-0.3, -0.25) is 4.79 Å². The second-order valence-corrected chi connectivity index (χ2v) is 7.66. The van der Waals surface area contributed by atoms with Crippen molar-refractivity contribution in [3.05, 3.63) is 58.6 Å². The van der Waals surface area contributed by atoms with Gasteiger partial charge in [0.2, 0.25) is 11.1 Å². The number of rotatable bonds is 7. The van der Waals surface area contributed by atoms with Gasteiger partial charge < -0.3 is 10.7 Å². The Bertz CT molecular complexity index is 1050. The van der Waals surface area contributed by atoms with Gasteiger partial charge in [-0.25, -0.2) is 4.68 Å². The fourth-order valence-electron chi connectivity index (χ4n) is 2.60. The smallest absolute Gasteiger partial charge is 0.237 e. The van der Waals surface area contributed by atoms with Gasteiger partial charge in [0.05, 0.1) is 23.3 Å². The van der Waals surface area contributed by atoms with Gasteiger partial charge in [-0.05, 0) is 30.3 Å². The van der Waals surface area contributed by atoms with Crippen LogP contribution in [0.5, 0.6) is 0 Å². The molecule has 1 aromatic heterocycles. The maximum absolute atomic E-state index is 12.8. The molecule has 0 atom stereocenters. The van der Waals surface area contributed by atoms with Gasteiger partial charge in [-0.15, -0.1) is 10.2 Å². The van der Waals surface area contributed by atoms with Crippen LogP contribution >= 0.6 is 35.0 Å². The quantitative estimate of drug-likeness (QED) is 0.434. The highest BCUT2D eigenvalue weighted by Gasteiger charge is 2.19. The minimum atomic E-state index is -0.165. The molecule has 3 aromatic rings. The summed E-state index contributed by atoms with van der Waals surface area (Å²) in [7, 11) is 0. The van der Waals surface area contributed by atoms with Crippen LogP contribution < -0.4 is 10.7 Å². The first kappa shape index (κ1) is 21.0. The Labute approximate surface area is 182 Å². The lowest BCUT2D eigenvalue weighted by Gasteiger charge is -2.21. The molecule has 0 aliphatic heterocycles. The molecule has 0 spiro atoms. The van der Waals surface area contributed by atoms with Crippen LogP contribution in [0.2, 0.25) is 10.0 Å². The van der Waals surface area contributed by atoms with Crippen molar-refractivity contribution < 1.29 is 4.79 Å². The highest BCUT2D eigenvalue weighted by Crippen LogP contribution is 2.30. The van der Waals surface area contributed by atoms with Gasteiger partial charge >= 0.3 is 0 Å². The zero-order valence-electron chi connectivity index (χ0n) is 15.1. The molecular formula is C19H16Cl2N6OS. The summed E-state index contributed by atoms with van der Waals surface area (Å²) < 4.78 is 1.28. The molecule has 0 bridgehead atoms. The molecule has 1 amide bonds. The average molecular weight is 447 g/mol. The van der Waals surface area contributed by atoms with E-state index in [1.165, 1.54) is 4.68 Å². The summed E-state index contributed by atoms with van der Waals surface area (Å²) in [6.07, 6.45) is 0.232. The molecule has 1 heterocycles. The fourth-order valence-corrected chi connectivity index (χ4v) is 3.71. The molecule has 3 rings (SSSR count). The first-order valence-corrected chi connectivity index (χ1v) is 10.3. The van der Waals surface area contributed by atoms with Crippen LogP contribution in [0.15, 0.2) is 53.7 Å². The molecule has 2 aromatic carbocycles. The lowest BCUT2D eigenvalue weighted by atomic mass is 10.2. The number of nitrogens with two attached hydrogens (primary N) is 1. The number of para-hydroxylation sites is 1. The number of hydrogen-bond acceptors (Lipinski definition) is 6. The number of hydrogen-bond donors (Lipinski definition) is 1. The number of carbonyl (C=O) groups excluding carboxylic acids is 1. The lowest BCUT2D eigenvalue weighted by molar-refractivity contribution is -0.116. The van der Waals surface area contributed by atoms with Crippen LogP contribution in [-0.4, -0.2) is 33.1 Å². The molecule has 0 unspecified atom stereocenters. The number of anilines is 1. The van der Waals surface area contributed by atoms with E-state index in [9.17, 15) is 4.79 Å². The van der Waals surface area contributed by atoms with Gasteiger partial charge in [0.25, 0.3) is 0 Å². The van der Waals surface area contributed by atoms with Crippen molar-refractivity contribution in [2.45, 2.75) is 11.6 Å². The monoisotopic (exact) mass is 446 g/mol. The third-order valence-electron chi connectivity index (χ3n) is 3.97. The van der Waals surface area contributed by atoms with Crippen LogP contribution in [-0.2, 0) is 4.79 Å². The Kier molecular flexibility index (Phi) is 6.99. The van der Waals surface area contributed by atoms with Crippen LogP contribution in [0.4, 0.5) is 5.69 Å². The first-order valence-electron chi connectivity index (χ1n) is 8.52. The van der Waals surface area contributed by atoms with Gasteiger partial charge in [0, 0.05) is 22.8 Å². The zero-order chi connectivity index (χ0) is 20.8. The summed E-state index contributed by atoms with van der Waals surface area (Å²) in [6, 6.07) is 16.2. The van der Waals surface area contributed by atoms with Crippen LogP contribution in [0.1, 0.15) is 6.42 Å². The molecule has 0 saturated heterocycles. The van der Waals surface area contributed by atoms with Gasteiger partial charge in [-0.1, -0.05) is 53.2 Å². The zero-order valence-corrected chi connectivity index (χ0v) is 17.5. The van der Waals surface area contributed by atoms with E-state index in [2.05, 4.69) is 16.3 Å². The summed E-state index contributed by atoms with van der Waals surface area (Å²) >= 11 is 13.4. The van der Waals surface area contributed by atoms with Crippen molar-refractivity contribution in [3.8, 4) is 17.5 Å². The summed E-state index contributed by atoms with van der Waals surface area (Å²) in [4.78, 5) is 14.3. The summed E-state index contributed by atoms with van der Waals surface area (Å²) in [6.45, 7) is 0.304. The van der Waals surface area contributed by atoms with Gasteiger partial charge in [0.1, 0.15) is 0 Å². The summed E-state index contributed by atoms with van der Waals surface area (Å²) in [5.41, 5.74) is 1.28. The number of carbonyl (C=O) groups is 1. The van der Waals surface area contributed by atoms with Crippen LogP contribution in [0, 0.1) is 11.3 Å². The first-order chi connectivity index (χ1) is 14.0. The molecule has 29 heavy (non-hydrogen) atoms. The second-order valence-electron chi connectivity index (χ2n) is 5.88. The Morgan fingerprint density at radius 2 is 1.97 bits per heavy atom. The number of aromatic nitrogens is 3. The Morgan fingerprint density at radius 1 is 1.21 bits per heavy atom. The van der Waals surface area contributed by atoms with E-state index in [0.29, 0.717) is 33.1 Å². The number of amides is 1. The molecule has 0 saturated carbocycles. The molecule has 7 nitrogen and oxygen atoms in total. The highest BCUT2D eigenvalue weighted by atomic mass is 35.5. The molecule has 0 aliphatic rings. The van der Waals surface area contributed by atoms with Crippen molar-refractivity contribution in [1.29, 1.82) is 5.26 Å². The Balaban J connectivity index is 1.75. The number of thioether (sulfide) groups is 1. The maximum Gasteiger partial charge on any atom is 0.237 e. The number of halogens is 2. The molecule has 2 N–H and O–H groups in total. The minimum Gasteiger partial charge on any atom is -0.335 e. The molecule has 0 radical (unpaired) electrons. The van der Waals surface area contributed by atoms with Gasteiger partial charge in [0.15, 0.2) is 5.82 Å². The van der Waals surface area contributed by atoms with Crippen LogP contribution in [0.3, 0.4) is 0 Å². The number of nitriles is 1. The normalized spacial score (nSPS) is 10.5. The standard InChI is InChI=1S/C19H16Cl2N6OS/c20-13-7-8-16(21)15(11-13)18-24-25-19(27(18)23)29-12-17(28)26(10-4-9-22)14-5-2-1-3-6-14/h1-3,5-8,11H,4,10,12,23H2. The van der Waals surface area contributed by atoms with Crippen molar-refractivity contribution in [1.82, 2.24) is 14.9 Å². The molecular weight excluding hydrogens is 431 g/mol. The topological polar surface area (TPSA) is 101 Å². The number of nitrogen functional groups attached to an aromatic ring is 1. The van der Waals surface area contributed by atoms with Crippen molar-refractivity contribution >= 4 is 46.6 Å². The van der Waals surface area contributed by atoms with E-state index >= 15 is 0 Å². The number of nitrogens with zero attached hydrogens (tertiary/aromatic N) is 5. The highest BCUT2D eigenvalue weighted by molar-refractivity contribution is 7.99. The third-order valence-corrected chi connectivity index (χ3v) is 5.47. The molecule has 148 valence electrons. The van der Waals surface area contributed by atoms with E-state index in [1.54, 1.807) is 23.1 Å². The van der Waals surface area contributed by atoms with Crippen molar-refractivity contribution in [2.24, 2.45) is 0 Å². The largest absolute Gasteiger partial charge is 0.335 e. The van der Waals surface area contributed by atoms with Crippen molar-refractivity contribution in [3.63, 3.8) is 0 Å². The van der Waals surface area contributed by atoms with E-state index in [-0.39, 0.29) is 18.1 Å². The molecule has 0 fully saturated rings. The van der Waals surface area contributed by atoms with Crippen molar-refractivity contribution in [2.75, 3.05) is 23.0 Å². The predicted molar refractivity (Wildman–Crippen MR) is 115 cm³/mol. The fraction of sp³-hybridized carbons (Fsp3) is 0.158. The van der Waals surface area contributed by atoms with Crippen LogP contribution in [0.25, 0.3) is 11.4 Å². The van der Waals surface area contributed by atoms with E-state index in [1.807, 2.05) is 30.3 Å². The number of benzene rings is 2. The SMILES string of the molecule is N#CCCN(C(=O)CSc1nnc(-c2cc(Cl)ccc2Cl)n1N)c1ccccc1. The molecule has 0 aliphatic carbocycles. The predicted octanol–water partition coefficient (Wildman–Crippen LogP) is 4.00. The second kappa shape index (κ2) is 9.65. The average Bonchev–Trinajstić information content (AvgIpc) is 3.09. The van der Waals surface area contributed by atoms with Gasteiger partial charge in [-0.2, -0.15) is 5.26 Å². The lowest BCUT2D eigenvalue weighted by Crippen LogP contribution is -2.33. The van der Waals surface area contributed by atoms with E-state index in [4.69, 9.17) is 34.3 Å². The summed E-state index contributed by atoms with van der Waals surface area (Å²) in [5.74, 6) is 6.37. The minimum absolute atomic E-state index is 0.0823.